The van der Waals surface area contributed by atoms with Crippen molar-refractivity contribution in [1.82, 2.24) is 4.98 Å². The Labute approximate surface area is 95.1 Å². The highest BCUT2D eigenvalue weighted by molar-refractivity contribution is 7.80. The lowest BCUT2D eigenvalue weighted by Crippen LogP contribution is -2.16. The SMILES string of the molecule is CC1(C)CC1Nc1cnccc1C(N)=S. The Kier molecular flexibility index (Phi) is 2.38. The summed E-state index contributed by atoms with van der Waals surface area (Å²) < 4.78 is 0. The van der Waals surface area contributed by atoms with E-state index >= 15 is 0 Å². The Balaban J connectivity index is 2.18. The molecule has 1 fully saturated rings. The Bertz CT molecular complexity index is 401. The highest BCUT2D eigenvalue weighted by atomic mass is 32.1. The predicted octanol–water partition coefficient (Wildman–Crippen LogP) is 1.93. The summed E-state index contributed by atoms with van der Waals surface area (Å²) in [4.78, 5) is 4.49. The van der Waals surface area contributed by atoms with Crippen molar-refractivity contribution in [1.29, 1.82) is 0 Å². The van der Waals surface area contributed by atoms with Crippen molar-refractivity contribution in [2.45, 2.75) is 26.3 Å². The minimum absolute atomic E-state index is 0.378. The van der Waals surface area contributed by atoms with E-state index in [9.17, 15) is 0 Å². The van der Waals surface area contributed by atoms with Gasteiger partial charge >= 0.3 is 0 Å². The normalized spacial score (nSPS) is 22.1. The monoisotopic (exact) mass is 221 g/mol. The molecule has 0 bridgehead atoms. The number of hydrogen-bond acceptors (Lipinski definition) is 3. The lowest BCUT2D eigenvalue weighted by molar-refractivity contribution is 0.630. The number of hydrogen-bond donors (Lipinski definition) is 2. The van der Waals surface area contributed by atoms with Crippen LogP contribution in [0.1, 0.15) is 25.8 Å². The molecular formula is C11H15N3S. The van der Waals surface area contributed by atoms with Gasteiger partial charge < -0.3 is 11.1 Å². The second kappa shape index (κ2) is 3.45. The zero-order chi connectivity index (χ0) is 11.1. The molecular weight excluding hydrogens is 206 g/mol. The summed E-state index contributed by atoms with van der Waals surface area (Å²) in [6.45, 7) is 4.48. The molecule has 0 saturated heterocycles. The number of nitrogens with one attached hydrogen (secondary N) is 1. The summed E-state index contributed by atoms with van der Waals surface area (Å²) in [6.07, 6.45) is 4.67. The maximum absolute atomic E-state index is 5.64. The van der Waals surface area contributed by atoms with E-state index < -0.39 is 0 Å². The van der Waals surface area contributed by atoms with E-state index in [0.29, 0.717) is 16.4 Å². The summed E-state index contributed by atoms with van der Waals surface area (Å²) in [5.74, 6) is 0. The minimum atomic E-state index is 0.378. The van der Waals surface area contributed by atoms with Gasteiger partial charge in [-0.2, -0.15) is 0 Å². The fraction of sp³-hybridized carbons (Fsp3) is 0.455. The molecule has 1 saturated carbocycles. The van der Waals surface area contributed by atoms with E-state index in [0.717, 1.165) is 11.3 Å². The number of anilines is 1. The van der Waals surface area contributed by atoms with Crippen LogP contribution >= 0.6 is 12.2 Å². The van der Waals surface area contributed by atoms with Crippen LogP contribution in [0.5, 0.6) is 0 Å². The smallest absolute Gasteiger partial charge is 0.106 e. The summed E-state index contributed by atoms with van der Waals surface area (Å²) in [7, 11) is 0. The van der Waals surface area contributed by atoms with Gasteiger partial charge in [-0.05, 0) is 17.9 Å². The van der Waals surface area contributed by atoms with Crippen LogP contribution in [0.25, 0.3) is 0 Å². The topological polar surface area (TPSA) is 50.9 Å². The number of rotatable bonds is 3. The highest BCUT2D eigenvalue weighted by Gasteiger charge is 2.45. The zero-order valence-corrected chi connectivity index (χ0v) is 9.77. The van der Waals surface area contributed by atoms with Crippen molar-refractivity contribution in [3.63, 3.8) is 0 Å². The molecule has 1 aromatic heterocycles. The van der Waals surface area contributed by atoms with Crippen molar-refractivity contribution in [2.24, 2.45) is 11.1 Å². The van der Waals surface area contributed by atoms with Crippen molar-refractivity contribution in [3.05, 3.63) is 24.0 Å². The third-order valence-corrected chi connectivity index (χ3v) is 3.15. The number of pyridine rings is 1. The van der Waals surface area contributed by atoms with Gasteiger partial charge in [0.15, 0.2) is 0 Å². The van der Waals surface area contributed by atoms with E-state index in [1.807, 2.05) is 6.07 Å². The Morgan fingerprint density at radius 3 is 2.87 bits per heavy atom. The zero-order valence-electron chi connectivity index (χ0n) is 8.95. The molecule has 0 aromatic carbocycles. The largest absolute Gasteiger partial charge is 0.389 e. The lowest BCUT2D eigenvalue weighted by Gasteiger charge is -2.11. The summed E-state index contributed by atoms with van der Waals surface area (Å²) >= 11 is 4.99. The number of thiocarbonyl (C=S) groups is 1. The molecule has 1 heterocycles. The van der Waals surface area contributed by atoms with Gasteiger partial charge in [-0.25, -0.2) is 0 Å². The van der Waals surface area contributed by atoms with E-state index in [1.54, 1.807) is 12.4 Å². The average molecular weight is 221 g/mol. The minimum Gasteiger partial charge on any atom is -0.389 e. The molecule has 2 rings (SSSR count). The van der Waals surface area contributed by atoms with Gasteiger partial charge in [0.05, 0.1) is 11.9 Å². The van der Waals surface area contributed by atoms with Gasteiger partial charge in [-0.3, -0.25) is 4.98 Å². The van der Waals surface area contributed by atoms with Gasteiger partial charge in [-0.1, -0.05) is 26.1 Å². The van der Waals surface area contributed by atoms with Crippen LogP contribution in [-0.4, -0.2) is 16.0 Å². The first kappa shape index (κ1) is 10.4. The Morgan fingerprint density at radius 1 is 1.67 bits per heavy atom. The maximum atomic E-state index is 5.64. The first-order valence-corrected chi connectivity index (χ1v) is 5.42. The molecule has 1 atom stereocenters. The van der Waals surface area contributed by atoms with Crippen LogP contribution in [0, 0.1) is 5.41 Å². The molecule has 1 aliphatic rings. The van der Waals surface area contributed by atoms with Gasteiger partial charge in [-0.15, -0.1) is 0 Å². The fourth-order valence-corrected chi connectivity index (χ4v) is 1.80. The molecule has 0 spiro atoms. The third-order valence-electron chi connectivity index (χ3n) is 2.93. The van der Waals surface area contributed by atoms with Crippen LogP contribution in [0.4, 0.5) is 5.69 Å². The molecule has 3 nitrogen and oxygen atoms in total. The van der Waals surface area contributed by atoms with Gasteiger partial charge in [0, 0.05) is 17.8 Å². The molecule has 0 aliphatic heterocycles. The van der Waals surface area contributed by atoms with Crippen LogP contribution in [-0.2, 0) is 0 Å². The molecule has 80 valence electrons. The summed E-state index contributed by atoms with van der Waals surface area (Å²) in [5, 5.41) is 3.43. The maximum Gasteiger partial charge on any atom is 0.106 e. The van der Waals surface area contributed by atoms with Crippen molar-refractivity contribution >= 4 is 22.9 Å². The number of nitrogens with two attached hydrogens (primary N) is 1. The number of aromatic nitrogens is 1. The molecule has 4 heteroatoms. The summed E-state index contributed by atoms with van der Waals surface area (Å²) in [5.41, 5.74) is 7.84. The predicted molar refractivity (Wildman–Crippen MR) is 65.9 cm³/mol. The fourth-order valence-electron chi connectivity index (χ4n) is 1.63. The second-order valence-electron chi connectivity index (χ2n) is 4.68. The lowest BCUT2D eigenvalue weighted by atomic mass is 10.1. The Hall–Kier alpha value is -1.16. The van der Waals surface area contributed by atoms with Crippen LogP contribution in [0.15, 0.2) is 18.5 Å². The van der Waals surface area contributed by atoms with E-state index in [-0.39, 0.29) is 0 Å². The van der Waals surface area contributed by atoms with Crippen LogP contribution < -0.4 is 11.1 Å². The van der Waals surface area contributed by atoms with E-state index in [4.69, 9.17) is 18.0 Å². The molecule has 1 unspecified atom stereocenters. The van der Waals surface area contributed by atoms with Gasteiger partial charge in [0.1, 0.15) is 4.99 Å². The molecule has 1 aromatic rings. The molecule has 0 radical (unpaired) electrons. The first-order valence-electron chi connectivity index (χ1n) is 5.01. The molecule has 15 heavy (non-hydrogen) atoms. The highest BCUT2D eigenvalue weighted by Crippen LogP contribution is 2.46. The van der Waals surface area contributed by atoms with Crippen LogP contribution in [0.2, 0.25) is 0 Å². The van der Waals surface area contributed by atoms with Crippen molar-refractivity contribution < 1.29 is 0 Å². The third kappa shape index (κ3) is 2.09. The van der Waals surface area contributed by atoms with Crippen molar-refractivity contribution in [2.75, 3.05) is 5.32 Å². The van der Waals surface area contributed by atoms with E-state index in [1.165, 1.54) is 6.42 Å². The second-order valence-corrected chi connectivity index (χ2v) is 5.11. The van der Waals surface area contributed by atoms with Gasteiger partial charge in [0.2, 0.25) is 0 Å². The van der Waals surface area contributed by atoms with Crippen molar-refractivity contribution in [3.8, 4) is 0 Å². The molecule has 0 amide bonds. The van der Waals surface area contributed by atoms with Gasteiger partial charge in [0.25, 0.3) is 0 Å². The van der Waals surface area contributed by atoms with E-state index in [2.05, 4.69) is 24.1 Å². The average Bonchev–Trinajstić information content (AvgIpc) is 2.74. The van der Waals surface area contributed by atoms with Crippen LogP contribution in [0.3, 0.4) is 0 Å². The number of nitrogens with zero attached hydrogens (tertiary/aromatic N) is 1. The standard InChI is InChI=1S/C11H15N3S/c1-11(2)5-9(11)14-8-6-13-4-3-7(8)10(12)15/h3-4,6,9,14H,5H2,1-2H3,(H2,12,15). The molecule has 1 aliphatic carbocycles. The quantitative estimate of drug-likeness (QED) is 0.766. The first-order chi connectivity index (χ1) is 7.00. The summed E-state index contributed by atoms with van der Waals surface area (Å²) in [6, 6.07) is 2.36. The molecule has 3 N–H and O–H groups in total. The Morgan fingerprint density at radius 2 is 2.33 bits per heavy atom.